The van der Waals surface area contributed by atoms with E-state index in [-0.39, 0.29) is 11.7 Å². The predicted molar refractivity (Wildman–Crippen MR) is 79.4 cm³/mol. The van der Waals surface area contributed by atoms with Gasteiger partial charge >= 0.3 is 0 Å². The van der Waals surface area contributed by atoms with Crippen LogP contribution in [0.5, 0.6) is 0 Å². The summed E-state index contributed by atoms with van der Waals surface area (Å²) in [7, 11) is 0. The smallest absolute Gasteiger partial charge is 0.236 e. The van der Waals surface area contributed by atoms with Gasteiger partial charge in [-0.3, -0.25) is 9.79 Å². The van der Waals surface area contributed by atoms with E-state index in [0.717, 1.165) is 43.5 Å². The molecule has 1 aliphatic heterocycles. The third-order valence-electron chi connectivity index (χ3n) is 4.07. The lowest BCUT2D eigenvalue weighted by Crippen LogP contribution is -2.44. The van der Waals surface area contributed by atoms with E-state index >= 15 is 0 Å². The number of hydrogen-bond donors (Lipinski definition) is 1. The standard InChI is InChI=1S/C15H17FN2OS/c16-12-5-3-4-11(10-12)15(6-1-2-7-15)13(19)18-14-17-8-9-20-14/h3-5,10H,1-2,6-9H2,(H,17,18,19). The third-order valence-corrected chi connectivity index (χ3v) is 4.97. The van der Waals surface area contributed by atoms with E-state index in [1.165, 1.54) is 12.1 Å². The molecule has 2 aliphatic rings. The molecule has 20 heavy (non-hydrogen) atoms. The first-order valence-corrected chi connectivity index (χ1v) is 7.94. The first-order chi connectivity index (χ1) is 9.71. The van der Waals surface area contributed by atoms with E-state index < -0.39 is 5.41 Å². The van der Waals surface area contributed by atoms with Gasteiger partial charge in [-0.15, -0.1) is 0 Å². The molecular weight excluding hydrogens is 275 g/mol. The maximum Gasteiger partial charge on any atom is 0.236 e. The van der Waals surface area contributed by atoms with Crippen molar-refractivity contribution in [3.8, 4) is 0 Å². The number of benzene rings is 1. The second-order valence-electron chi connectivity index (χ2n) is 5.29. The highest BCUT2D eigenvalue weighted by Crippen LogP contribution is 2.41. The molecule has 1 aliphatic carbocycles. The number of nitrogens with zero attached hydrogens (tertiary/aromatic N) is 1. The van der Waals surface area contributed by atoms with Crippen molar-refractivity contribution < 1.29 is 9.18 Å². The van der Waals surface area contributed by atoms with Gasteiger partial charge in [-0.05, 0) is 30.5 Å². The fourth-order valence-electron chi connectivity index (χ4n) is 3.04. The minimum Gasteiger partial charge on any atom is -0.305 e. The number of thioether (sulfide) groups is 1. The van der Waals surface area contributed by atoms with E-state index in [0.29, 0.717) is 5.17 Å². The SMILES string of the molecule is O=C(NC1=NCCS1)C1(c2cccc(F)c2)CCCC1. The van der Waals surface area contributed by atoms with Crippen LogP contribution in [-0.2, 0) is 10.2 Å². The van der Waals surface area contributed by atoms with Crippen LogP contribution >= 0.6 is 11.8 Å². The topological polar surface area (TPSA) is 41.5 Å². The molecule has 0 atom stereocenters. The van der Waals surface area contributed by atoms with Gasteiger partial charge in [-0.2, -0.15) is 0 Å². The summed E-state index contributed by atoms with van der Waals surface area (Å²) in [4.78, 5) is 17.0. The molecule has 3 nitrogen and oxygen atoms in total. The minimum absolute atomic E-state index is 0.0336. The number of carbonyl (C=O) groups excluding carboxylic acids is 1. The molecular formula is C15H17FN2OS. The Kier molecular flexibility index (Phi) is 3.78. The molecule has 0 radical (unpaired) electrons. The molecule has 1 N–H and O–H groups in total. The summed E-state index contributed by atoms with van der Waals surface area (Å²) in [5, 5.41) is 3.64. The Morgan fingerprint density at radius 2 is 2.15 bits per heavy atom. The first kappa shape index (κ1) is 13.6. The van der Waals surface area contributed by atoms with Crippen LogP contribution in [0.25, 0.3) is 0 Å². The van der Waals surface area contributed by atoms with Crippen molar-refractivity contribution >= 4 is 22.8 Å². The van der Waals surface area contributed by atoms with E-state index in [4.69, 9.17) is 0 Å². The Labute approximate surface area is 122 Å². The largest absolute Gasteiger partial charge is 0.305 e. The maximum absolute atomic E-state index is 13.5. The Morgan fingerprint density at radius 1 is 1.35 bits per heavy atom. The Morgan fingerprint density at radius 3 is 2.80 bits per heavy atom. The quantitative estimate of drug-likeness (QED) is 0.910. The number of carbonyl (C=O) groups is 1. The van der Waals surface area contributed by atoms with E-state index in [2.05, 4.69) is 10.3 Å². The highest BCUT2D eigenvalue weighted by atomic mass is 32.2. The highest BCUT2D eigenvalue weighted by molar-refractivity contribution is 8.14. The molecule has 0 aromatic heterocycles. The molecule has 1 aromatic carbocycles. The van der Waals surface area contributed by atoms with Crippen molar-refractivity contribution in [2.24, 2.45) is 4.99 Å². The fourth-order valence-corrected chi connectivity index (χ4v) is 3.76. The average Bonchev–Trinajstić information content (AvgIpc) is 3.10. The van der Waals surface area contributed by atoms with Crippen molar-refractivity contribution in [3.05, 3.63) is 35.6 Å². The van der Waals surface area contributed by atoms with E-state index in [1.807, 2.05) is 6.07 Å². The van der Waals surface area contributed by atoms with Crippen LogP contribution in [0.1, 0.15) is 31.2 Å². The van der Waals surface area contributed by atoms with Gasteiger partial charge in [0, 0.05) is 5.75 Å². The molecule has 0 unspecified atom stereocenters. The Bertz CT molecular complexity index is 553. The minimum atomic E-state index is -0.590. The summed E-state index contributed by atoms with van der Waals surface area (Å²) in [5.41, 5.74) is 0.199. The second-order valence-corrected chi connectivity index (χ2v) is 6.37. The van der Waals surface area contributed by atoms with Crippen LogP contribution in [-0.4, -0.2) is 23.4 Å². The third kappa shape index (κ3) is 2.46. The molecule has 0 saturated heterocycles. The lowest BCUT2D eigenvalue weighted by Gasteiger charge is -2.28. The van der Waals surface area contributed by atoms with Gasteiger partial charge in [-0.1, -0.05) is 36.7 Å². The van der Waals surface area contributed by atoms with Gasteiger partial charge < -0.3 is 5.32 Å². The molecule has 1 amide bonds. The maximum atomic E-state index is 13.5. The van der Waals surface area contributed by atoms with Crippen molar-refractivity contribution in [2.45, 2.75) is 31.1 Å². The molecule has 3 rings (SSSR count). The molecule has 106 valence electrons. The monoisotopic (exact) mass is 292 g/mol. The van der Waals surface area contributed by atoms with Gasteiger partial charge in [0.2, 0.25) is 5.91 Å². The zero-order valence-corrected chi connectivity index (χ0v) is 12.0. The van der Waals surface area contributed by atoms with Gasteiger partial charge in [0.25, 0.3) is 0 Å². The van der Waals surface area contributed by atoms with Gasteiger partial charge in [0.1, 0.15) is 5.82 Å². The van der Waals surface area contributed by atoms with Crippen LogP contribution in [0.2, 0.25) is 0 Å². The summed E-state index contributed by atoms with van der Waals surface area (Å²) < 4.78 is 13.5. The van der Waals surface area contributed by atoms with Crippen molar-refractivity contribution in [1.29, 1.82) is 0 Å². The zero-order chi connectivity index (χ0) is 14.0. The molecule has 1 heterocycles. The van der Waals surface area contributed by atoms with E-state index in [1.54, 1.807) is 17.8 Å². The number of hydrogen-bond acceptors (Lipinski definition) is 3. The zero-order valence-electron chi connectivity index (χ0n) is 11.2. The summed E-state index contributed by atoms with van der Waals surface area (Å²) in [6.07, 6.45) is 3.56. The van der Waals surface area contributed by atoms with Crippen molar-refractivity contribution in [3.63, 3.8) is 0 Å². The normalized spacial score (nSPS) is 20.8. The van der Waals surface area contributed by atoms with Crippen molar-refractivity contribution in [1.82, 2.24) is 5.32 Å². The summed E-state index contributed by atoms with van der Waals surface area (Å²) in [5.74, 6) is 0.602. The van der Waals surface area contributed by atoms with Crippen LogP contribution in [0, 0.1) is 5.82 Å². The summed E-state index contributed by atoms with van der Waals surface area (Å²) >= 11 is 1.57. The van der Waals surface area contributed by atoms with Gasteiger partial charge in [0.05, 0.1) is 12.0 Å². The summed E-state index contributed by atoms with van der Waals surface area (Å²) in [6.45, 7) is 0.757. The number of rotatable bonds is 2. The van der Waals surface area contributed by atoms with E-state index in [9.17, 15) is 9.18 Å². The number of amides is 1. The number of nitrogens with one attached hydrogen (secondary N) is 1. The molecule has 0 bridgehead atoms. The Balaban J connectivity index is 1.89. The molecule has 0 spiro atoms. The van der Waals surface area contributed by atoms with Gasteiger partial charge in [-0.25, -0.2) is 4.39 Å². The van der Waals surface area contributed by atoms with Crippen LogP contribution in [0.15, 0.2) is 29.3 Å². The predicted octanol–water partition coefficient (Wildman–Crippen LogP) is 2.86. The lowest BCUT2D eigenvalue weighted by molar-refractivity contribution is -0.125. The lowest BCUT2D eigenvalue weighted by atomic mass is 9.78. The number of halogens is 1. The molecule has 1 saturated carbocycles. The van der Waals surface area contributed by atoms with Crippen LogP contribution in [0.3, 0.4) is 0 Å². The highest BCUT2D eigenvalue weighted by Gasteiger charge is 2.43. The molecule has 5 heteroatoms. The van der Waals surface area contributed by atoms with Crippen LogP contribution < -0.4 is 5.32 Å². The summed E-state index contributed by atoms with van der Waals surface area (Å²) in [6, 6.07) is 6.45. The fraction of sp³-hybridized carbons (Fsp3) is 0.467. The molecule has 1 aromatic rings. The number of aliphatic imine (C=N–C) groups is 1. The Hall–Kier alpha value is -1.36. The van der Waals surface area contributed by atoms with Gasteiger partial charge in [0.15, 0.2) is 5.17 Å². The first-order valence-electron chi connectivity index (χ1n) is 6.95. The average molecular weight is 292 g/mol. The molecule has 1 fully saturated rings. The van der Waals surface area contributed by atoms with Crippen LogP contribution in [0.4, 0.5) is 4.39 Å². The number of amidine groups is 1. The van der Waals surface area contributed by atoms with Crippen molar-refractivity contribution in [2.75, 3.05) is 12.3 Å². The second kappa shape index (κ2) is 5.56.